The fourth-order valence-electron chi connectivity index (χ4n) is 3.16. The smallest absolute Gasteiger partial charge is 0.337 e. The molecule has 0 saturated carbocycles. The average molecular weight is 386 g/mol. The molecule has 1 aliphatic heterocycles. The van der Waals surface area contributed by atoms with E-state index in [9.17, 15) is 9.90 Å². The predicted molar refractivity (Wildman–Crippen MR) is 105 cm³/mol. The first-order valence-electron chi connectivity index (χ1n) is 9.39. The number of ether oxygens (including phenoxy) is 2. The minimum absolute atomic E-state index is 0.194. The molecular weight excluding hydrogens is 360 g/mol. The number of methoxy groups -OCH3 is 1. The lowest BCUT2D eigenvalue weighted by Crippen LogP contribution is -2.38. The molecule has 1 fully saturated rings. The van der Waals surface area contributed by atoms with Crippen LogP contribution in [0.5, 0.6) is 5.75 Å². The zero-order valence-corrected chi connectivity index (χ0v) is 16.0. The molecule has 0 bridgehead atoms. The summed E-state index contributed by atoms with van der Waals surface area (Å²) >= 11 is 0. The molecule has 0 amide bonds. The van der Waals surface area contributed by atoms with Crippen LogP contribution in [-0.2, 0) is 4.74 Å². The van der Waals surface area contributed by atoms with Gasteiger partial charge in [-0.25, -0.2) is 14.8 Å². The van der Waals surface area contributed by atoms with Crippen molar-refractivity contribution in [3.8, 4) is 5.75 Å². The van der Waals surface area contributed by atoms with E-state index in [0.29, 0.717) is 17.9 Å². The van der Waals surface area contributed by atoms with Crippen LogP contribution >= 0.6 is 0 Å². The van der Waals surface area contributed by atoms with E-state index in [1.54, 1.807) is 36.7 Å². The van der Waals surface area contributed by atoms with E-state index in [4.69, 9.17) is 4.74 Å². The summed E-state index contributed by atoms with van der Waals surface area (Å²) in [6, 6.07) is 8.49. The number of aliphatic hydroxyl groups is 1. The third-order valence-corrected chi connectivity index (χ3v) is 4.61. The quantitative estimate of drug-likeness (QED) is 0.711. The van der Waals surface area contributed by atoms with Crippen molar-refractivity contribution in [3.63, 3.8) is 0 Å². The third-order valence-electron chi connectivity index (χ3n) is 4.61. The summed E-state index contributed by atoms with van der Waals surface area (Å²) in [5, 5.41) is 10.3. The van der Waals surface area contributed by atoms with Crippen molar-refractivity contribution >= 4 is 11.9 Å². The molecule has 1 aliphatic rings. The SMILES string of the molecule is COC(=O)c1ccc(OC[C@H](O)CN2CCCN(c3ncccn3)CC2)cc1. The molecule has 1 atom stereocenters. The van der Waals surface area contributed by atoms with E-state index in [1.165, 1.54) is 7.11 Å². The van der Waals surface area contributed by atoms with Gasteiger partial charge in [0.05, 0.1) is 12.7 Å². The van der Waals surface area contributed by atoms with Gasteiger partial charge < -0.3 is 19.5 Å². The summed E-state index contributed by atoms with van der Waals surface area (Å²) in [5.74, 6) is 0.973. The van der Waals surface area contributed by atoms with Gasteiger partial charge in [-0.05, 0) is 43.3 Å². The van der Waals surface area contributed by atoms with E-state index in [0.717, 1.165) is 38.5 Å². The maximum Gasteiger partial charge on any atom is 0.337 e. The Hall–Kier alpha value is -2.71. The Morgan fingerprint density at radius 3 is 2.61 bits per heavy atom. The molecule has 1 N–H and O–H groups in total. The number of β-amino-alcohol motifs (C(OH)–C–C–N with tert-alkyl or cyclic N) is 1. The molecule has 0 aliphatic carbocycles. The Labute approximate surface area is 164 Å². The van der Waals surface area contributed by atoms with Gasteiger partial charge in [0.1, 0.15) is 18.5 Å². The summed E-state index contributed by atoms with van der Waals surface area (Å²) in [4.78, 5) is 24.5. The molecule has 8 heteroatoms. The molecule has 1 aromatic carbocycles. The number of esters is 1. The molecule has 28 heavy (non-hydrogen) atoms. The highest BCUT2D eigenvalue weighted by atomic mass is 16.5. The second-order valence-electron chi connectivity index (χ2n) is 6.67. The van der Waals surface area contributed by atoms with Crippen molar-refractivity contribution in [1.29, 1.82) is 0 Å². The fourth-order valence-corrected chi connectivity index (χ4v) is 3.16. The van der Waals surface area contributed by atoms with Crippen LogP contribution in [0.4, 0.5) is 5.95 Å². The number of hydrogen-bond acceptors (Lipinski definition) is 8. The number of carbonyl (C=O) groups excluding carboxylic acids is 1. The summed E-state index contributed by atoms with van der Waals surface area (Å²) in [6.07, 6.45) is 3.90. The molecule has 1 saturated heterocycles. The molecule has 0 spiro atoms. The third kappa shape index (κ3) is 5.64. The van der Waals surface area contributed by atoms with E-state index < -0.39 is 6.10 Å². The van der Waals surface area contributed by atoms with E-state index in [1.807, 2.05) is 6.07 Å². The van der Waals surface area contributed by atoms with E-state index in [-0.39, 0.29) is 12.6 Å². The zero-order chi connectivity index (χ0) is 19.8. The van der Waals surface area contributed by atoms with Gasteiger partial charge in [0.25, 0.3) is 0 Å². The van der Waals surface area contributed by atoms with Crippen molar-refractivity contribution < 1.29 is 19.4 Å². The number of nitrogens with zero attached hydrogens (tertiary/aromatic N) is 4. The standard InChI is InChI=1S/C20H26N4O4/c1-27-19(26)16-4-6-18(7-5-16)28-15-17(25)14-23-10-3-11-24(13-12-23)20-21-8-2-9-22-20/h2,4-9,17,25H,3,10-15H2,1H3/t17-/m1/s1. The van der Waals surface area contributed by atoms with Gasteiger partial charge in [-0.3, -0.25) is 4.90 Å². The molecule has 0 radical (unpaired) electrons. The van der Waals surface area contributed by atoms with Gasteiger partial charge in [0.15, 0.2) is 0 Å². The van der Waals surface area contributed by atoms with Crippen molar-refractivity contribution in [1.82, 2.24) is 14.9 Å². The molecule has 8 nitrogen and oxygen atoms in total. The molecule has 0 unspecified atom stereocenters. The topological polar surface area (TPSA) is 88.0 Å². The Balaban J connectivity index is 1.43. The van der Waals surface area contributed by atoms with Crippen molar-refractivity contribution in [3.05, 3.63) is 48.3 Å². The monoisotopic (exact) mass is 386 g/mol. The fraction of sp³-hybridized carbons (Fsp3) is 0.450. The first kappa shape index (κ1) is 20.0. The van der Waals surface area contributed by atoms with Gasteiger partial charge in [-0.15, -0.1) is 0 Å². The van der Waals surface area contributed by atoms with Crippen LogP contribution in [-0.4, -0.2) is 78.5 Å². The van der Waals surface area contributed by atoms with Gasteiger partial charge in [-0.1, -0.05) is 0 Å². The number of benzene rings is 1. The Bertz CT molecular complexity index is 742. The molecule has 2 aromatic rings. The van der Waals surface area contributed by atoms with Crippen molar-refractivity contribution in [2.24, 2.45) is 0 Å². The molecule has 2 heterocycles. The van der Waals surface area contributed by atoms with E-state index >= 15 is 0 Å². The molecule has 3 rings (SSSR count). The minimum atomic E-state index is -0.597. The second-order valence-corrected chi connectivity index (χ2v) is 6.67. The summed E-state index contributed by atoms with van der Waals surface area (Å²) in [5.41, 5.74) is 0.465. The number of hydrogen-bond donors (Lipinski definition) is 1. The van der Waals surface area contributed by atoms with Crippen LogP contribution in [0.2, 0.25) is 0 Å². The lowest BCUT2D eigenvalue weighted by atomic mass is 10.2. The Morgan fingerprint density at radius 2 is 1.89 bits per heavy atom. The van der Waals surface area contributed by atoms with Crippen LogP contribution in [0.25, 0.3) is 0 Å². The highest BCUT2D eigenvalue weighted by Crippen LogP contribution is 2.14. The maximum absolute atomic E-state index is 11.4. The number of anilines is 1. The van der Waals surface area contributed by atoms with Crippen LogP contribution in [0.15, 0.2) is 42.7 Å². The van der Waals surface area contributed by atoms with Crippen molar-refractivity contribution in [2.75, 3.05) is 51.3 Å². The normalized spacial score (nSPS) is 16.3. The highest BCUT2D eigenvalue weighted by Gasteiger charge is 2.19. The first-order valence-corrected chi connectivity index (χ1v) is 9.39. The Morgan fingerprint density at radius 1 is 1.14 bits per heavy atom. The van der Waals surface area contributed by atoms with Gasteiger partial charge in [0.2, 0.25) is 5.95 Å². The highest BCUT2D eigenvalue weighted by molar-refractivity contribution is 5.89. The summed E-state index contributed by atoms with van der Waals surface area (Å²) < 4.78 is 10.3. The number of aromatic nitrogens is 2. The molecular formula is C20H26N4O4. The van der Waals surface area contributed by atoms with Crippen LogP contribution in [0.3, 0.4) is 0 Å². The van der Waals surface area contributed by atoms with Gasteiger partial charge in [0, 0.05) is 38.6 Å². The Kier molecular flexibility index (Phi) is 7.16. The zero-order valence-electron chi connectivity index (χ0n) is 16.0. The van der Waals surface area contributed by atoms with Gasteiger partial charge in [-0.2, -0.15) is 0 Å². The van der Waals surface area contributed by atoms with E-state index in [2.05, 4.69) is 24.5 Å². The van der Waals surface area contributed by atoms with Crippen molar-refractivity contribution in [2.45, 2.75) is 12.5 Å². The summed E-state index contributed by atoms with van der Waals surface area (Å²) in [6.45, 7) is 4.22. The second kappa shape index (κ2) is 10.0. The van der Waals surface area contributed by atoms with Crippen LogP contribution in [0.1, 0.15) is 16.8 Å². The minimum Gasteiger partial charge on any atom is -0.491 e. The number of carbonyl (C=O) groups is 1. The molecule has 1 aromatic heterocycles. The lowest BCUT2D eigenvalue weighted by Gasteiger charge is -2.24. The number of aliphatic hydroxyl groups excluding tert-OH is 1. The van der Waals surface area contributed by atoms with Crippen LogP contribution in [0, 0.1) is 0 Å². The largest absolute Gasteiger partial charge is 0.491 e. The molecule has 150 valence electrons. The number of rotatable bonds is 7. The predicted octanol–water partition coefficient (Wildman–Crippen LogP) is 1.22. The van der Waals surface area contributed by atoms with Gasteiger partial charge >= 0.3 is 5.97 Å². The maximum atomic E-state index is 11.4. The average Bonchev–Trinajstić information content (AvgIpc) is 2.98. The lowest BCUT2D eigenvalue weighted by molar-refractivity contribution is 0.0599. The first-order chi connectivity index (χ1) is 13.7. The summed E-state index contributed by atoms with van der Waals surface area (Å²) in [7, 11) is 1.35. The van der Waals surface area contributed by atoms with Crippen LogP contribution < -0.4 is 9.64 Å².